The molecule has 14 nitrogen and oxygen atoms in total. The van der Waals surface area contributed by atoms with E-state index >= 15 is 0 Å². The molecule has 25 heteroatoms. The molecule has 2 aliphatic rings. The molecule has 0 unspecified atom stereocenters. The maximum atomic E-state index is 14.6. The van der Waals surface area contributed by atoms with Gasteiger partial charge in [0.2, 0.25) is 5.91 Å². The summed E-state index contributed by atoms with van der Waals surface area (Å²) in [7, 11) is 3.13. The van der Waals surface area contributed by atoms with Crippen LogP contribution in [0.5, 0.6) is 23.0 Å². The Morgan fingerprint density at radius 2 is 1.11 bits per heavy atom. The van der Waals surface area contributed by atoms with E-state index in [1.54, 1.807) is 37.3 Å². The number of anilines is 4. The number of rotatable bonds is 12. The van der Waals surface area contributed by atoms with E-state index in [2.05, 4.69) is 124 Å². The molecule has 0 radical (unpaired) electrons. The van der Waals surface area contributed by atoms with Crippen molar-refractivity contribution in [2.45, 2.75) is 44.8 Å². The zero-order valence-corrected chi connectivity index (χ0v) is 52.3. The molecule has 2 aromatic heterocycles. The molecular formula is C47H46Cl4F2I5N8O6-. The van der Waals surface area contributed by atoms with Crippen LogP contribution >= 0.6 is 121 Å². The Kier molecular flexibility index (Phi) is 27.8. The Morgan fingerprint density at radius 1 is 0.708 bits per heavy atom. The van der Waals surface area contributed by atoms with E-state index in [4.69, 9.17) is 65.4 Å². The van der Waals surface area contributed by atoms with Crippen LogP contribution in [0.3, 0.4) is 0 Å². The second-order valence-corrected chi connectivity index (χ2v) is 32.8. The van der Waals surface area contributed by atoms with E-state index in [0.717, 1.165) is 25.9 Å². The van der Waals surface area contributed by atoms with E-state index in [1.807, 2.05) is 6.07 Å². The van der Waals surface area contributed by atoms with Gasteiger partial charge in [-0.2, -0.15) is 0 Å². The molecule has 4 heterocycles. The van der Waals surface area contributed by atoms with Crippen LogP contribution in [0.25, 0.3) is 21.8 Å². The predicted molar refractivity (Wildman–Crippen MR) is 315 cm³/mol. The first kappa shape index (κ1) is 62.2. The molecule has 2 aliphatic heterocycles. The van der Waals surface area contributed by atoms with E-state index in [9.17, 15) is 18.4 Å². The van der Waals surface area contributed by atoms with Crippen LogP contribution in [-0.2, 0) is 9.59 Å². The van der Waals surface area contributed by atoms with Gasteiger partial charge in [-0.3, -0.25) is 9.59 Å². The Labute approximate surface area is 489 Å². The molecule has 2 fully saturated rings. The third kappa shape index (κ3) is 17.9. The number of piperidine rings is 2. The van der Waals surface area contributed by atoms with Crippen molar-refractivity contribution in [3.63, 3.8) is 0 Å². The molecule has 0 aliphatic carbocycles. The number of nitrogens with zero attached hydrogens (tertiary/aromatic N) is 5. The van der Waals surface area contributed by atoms with Gasteiger partial charge in [-0.05, 0) is 81.4 Å². The van der Waals surface area contributed by atoms with Crippen LogP contribution in [0.15, 0.2) is 86.5 Å². The summed E-state index contributed by atoms with van der Waals surface area (Å²) in [5.41, 5.74) is 1.51. The fourth-order valence-electron chi connectivity index (χ4n) is 6.93. The van der Waals surface area contributed by atoms with Gasteiger partial charge in [0.05, 0.1) is 56.7 Å². The standard InChI is InChI=1S/C23H21Cl2FN4O3.C20H19Cl2FN4O2.C4H6O.I3.I2/c1-3-20(31)30-8-6-13(7-9-30)33-19-10-14-17(11-18(19)32-2)27-12-28-23(14)29-16-5-4-15(24)21(25)22(16)26;1-28-16-9-15-12(8-17(16)29-11-4-6-24-7-5-11)20(26-10-25-15)27-14-3-2-13(21)18(22)19(14)23;1-3-4(2)5;1-3-2;1-2/h3-5,10-13H,1,6-9H2,2H3,(H,27,28,29);2-3,8-11,24H,4-7H2,1H3,(H,25,26,27);3H,1H2,2H3;;/q;;;-1;. The Hall–Kier alpha value is -2.39. The number of carbonyl (C=O) groups excluding carboxylic acids is 2. The van der Waals surface area contributed by atoms with Gasteiger partial charge in [0.1, 0.15) is 36.5 Å². The number of hydrogen-bond donors (Lipinski definition) is 3. The minimum atomic E-state index is -0.679. The van der Waals surface area contributed by atoms with Gasteiger partial charge in [0.25, 0.3) is 0 Å². The zero-order valence-electron chi connectivity index (χ0n) is 38.5. The molecule has 0 bridgehead atoms. The fraction of sp³-hybridized carbons (Fsp3) is 0.277. The van der Waals surface area contributed by atoms with E-state index < -0.39 is 11.6 Å². The number of hydrogen-bond acceptors (Lipinski definition) is 13. The van der Waals surface area contributed by atoms with Crippen LogP contribution in [0.2, 0.25) is 20.1 Å². The van der Waals surface area contributed by atoms with Crippen molar-refractivity contribution in [2.75, 3.05) is 51.0 Å². The van der Waals surface area contributed by atoms with E-state index in [1.165, 1.54) is 56.0 Å². The summed E-state index contributed by atoms with van der Waals surface area (Å²) >= 11 is 33.1. The summed E-state index contributed by atoms with van der Waals surface area (Å²) < 4.78 is 52.5. The van der Waals surface area contributed by atoms with Crippen LogP contribution in [0.1, 0.15) is 32.6 Å². The number of allylic oxidation sites excluding steroid dienone is 1. The fourth-order valence-corrected chi connectivity index (χ4v) is 7.55. The number of likely N-dealkylation sites (tertiary alicyclic amines) is 1. The van der Waals surface area contributed by atoms with Crippen molar-refractivity contribution in [1.82, 2.24) is 30.2 Å². The van der Waals surface area contributed by atoms with E-state index in [-0.39, 0.29) is 55.4 Å². The number of halogens is 11. The Balaban J connectivity index is 0.000000266. The molecule has 1 amide bonds. The van der Waals surface area contributed by atoms with Gasteiger partial charge in [-0.25, -0.2) is 28.7 Å². The minimum absolute atomic E-state index is 0.0185. The van der Waals surface area contributed by atoms with Crippen molar-refractivity contribution in [3.8, 4) is 23.0 Å². The third-order valence-corrected chi connectivity index (χ3v) is 12.1. The molecule has 0 spiro atoms. The van der Waals surface area contributed by atoms with Gasteiger partial charge < -0.3 is 39.8 Å². The van der Waals surface area contributed by atoms with Crippen molar-refractivity contribution in [3.05, 3.63) is 118 Å². The molecule has 2 saturated heterocycles. The summed E-state index contributed by atoms with van der Waals surface area (Å²) in [5, 5.41) is 10.5. The summed E-state index contributed by atoms with van der Waals surface area (Å²) in [4.78, 5) is 40.4. The number of nitrogens with one attached hydrogen (secondary N) is 3. The molecular weight excluding hydrogens is 1590 g/mol. The normalized spacial score (nSPS) is 13.3. The predicted octanol–water partition coefficient (Wildman–Crippen LogP) is 11.7. The second kappa shape index (κ2) is 32.3. The summed E-state index contributed by atoms with van der Waals surface area (Å²) in [6.45, 7) is 11.2. The number of fused-ring (bicyclic) bond motifs is 2. The molecule has 8 rings (SSSR count). The number of methoxy groups -OCH3 is 2. The van der Waals surface area contributed by atoms with Crippen molar-refractivity contribution < 1.29 is 50.6 Å². The van der Waals surface area contributed by atoms with Gasteiger partial charge in [-0.15, -0.1) is 0 Å². The third-order valence-electron chi connectivity index (χ3n) is 10.5. The Morgan fingerprint density at radius 3 is 1.49 bits per heavy atom. The molecule has 388 valence electrons. The zero-order chi connectivity index (χ0) is 52.9. The van der Waals surface area contributed by atoms with Crippen molar-refractivity contribution in [2.24, 2.45) is 0 Å². The first-order valence-corrected chi connectivity index (χ1v) is 41.6. The molecule has 3 N–H and O–H groups in total. The van der Waals surface area contributed by atoms with Crippen molar-refractivity contribution >= 4 is 177 Å². The summed E-state index contributed by atoms with van der Waals surface area (Å²) in [6, 6.07) is 13.1. The first-order chi connectivity index (χ1) is 34.7. The average Bonchev–Trinajstić information content (AvgIpc) is 3.40. The molecule has 0 saturated carbocycles. The molecule has 4 aromatic carbocycles. The van der Waals surface area contributed by atoms with Crippen LogP contribution in [0.4, 0.5) is 31.8 Å². The number of amides is 1. The van der Waals surface area contributed by atoms with Crippen molar-refractivity contribution in [1.29, 1.82) is 0 Å². The molecule has 72 heavy (non-hydrogen) atoms. The van der Waals surface area contributed by atoms with Crippen LogP contribution in [0, 0.1) is 11.6 Å². The topological polar surface area (TPSA) is 162 Å². The molecule has 6 aromatic rings. The summed E-state index contributed by atoms with van der Waals surface area (Å²) in [5.74, 6) is 1.60. The number of benzene rings is 4. The molecule has 0 atom stereocenters. The number of carbonyl (C=O) groups is 2. The van der Waals surface area contributed by atoms with Gasteiger partial charge in [0, 0.05) is 86.1 Å². The van der Waals surface area contributed by atoms with Crippen LogP contribution < -0.4 is 48.2 Å². The van der Waals surface area contributed by atoms with Gasteiger partial charge in [-0.1, -0.05) is 59.6 Å². The van der Waals surface area contributed by atoms with E-state index in [0.29, 0.717) is 95.6 Å². The van der Waals surface area contributed by atoms with Gasteiger partial charge >= 0.3 is 50.5 Å². The van der Waals surface area contributed by atoms with Gasteiger partial charge in [0.15, 0.2) is 40.4 Å². The SMILES string of the molecule is C=CC(=O)N1CCC(Oc2cc3c(Nc4ccc(Cl)c(Cl)c4F)ncnc3cc2OC)CC1.C=CC(C)=O.COc1cc2ncnc(Nc3ccc(Cl)c(Cl)c3F)c2cc1OC1CCNCC1.II.I[I-]I. The number of ether oxygens (including phenoxy) is 4. The summed E-state index contributed by atoms with van der Waals surface area (Å²) in [6.07, 6.45) is 8.52. The maximum absolute atomic E-state index is 14.6. The van der Waals surface area contributed by atoms with Crippen LogP contribution in [-0.4, -0.2) is 89.1 Å². The first-order valence-electron chi connectivity index (χ1n) is 21.2. The second-order valence-electron chi connectivity index (χ2n) is 15.0. The average molecular weight is 1630 g/mol. The Bertz CT molecular complexity index is 2820. The monoisotopic (exact) mass is 1630 g/mol. The quantitative estimate of drug-likeness (QED) is 0.0604. The number of aromatic nitrogens is 4. The number of ketones is 1.